The van der Waals surface area contributed by atoms with Gasteiger partial charge in [-0.15, -0.1) is 10.2 Å². The van der Waals surface area contributed by atoms with Crippen LogP contribution < -0.4 is 5.32 Å². The smallest absolute Gasteiger partial charge is 0.339 e. The third-order valence-corrected chi connectivity index (χ3v) is 4.82. The molecule has 0 aliphatic heterocycles. The summed E-state index contributed by atoms with van der Waals surface area (Å²) in [6.07, 6.45) is -0.995. The number of allylic oxidation sites excluding steroid dienone is 1. The summed E-state index contributed by atoms with van der Waals surface area (Å²) in [4.78, 5) is 11.1. The number of phenols is 1. The molecule has 0 unspecified atom stereocenters. The van der Waals surface area contributed by atoms with Crippen LogP contribution in [0.2, 0.25) is 0 Å². The topological polar surface area (TPSA) is 119 Å². The first-order chi connectivity index (χ1) is 13.2. The molecule has 1 heterocycles. The summed E-state index contributed by atoms with van der Waals surface area (Å²) in [5.41, 5.74) is -0.678. The Morgan fingerprint density at radius 2 is 2.04 bits per heavy atom. The Bertz CT molecular complexity index is 941. The fourth-order valence-corrected chi connectivity index (χ4v) is 3.22. The Morgan fingerprint density at radius 1 is 1.32 bits per heavy atom. The predicted octanol–water partition coefficient (Wildman–Crippen LogP) is 3.58. The molecule has 0 spiro atoms. The normalized spacial score (nSPS) is 20.9. The molecule has 1 aromatic heterocycles. The van der Waals surface area contributed by atoms with Crippen molar-refractivity contribution in [2.24, 2.45) is 5.41 Å². The number of nitrogens with one attached hydrogen (secondary N) is 2. The number of halogens is 2. The molecular weight excluding hydrogens is 370 g/mol. The van der Waals surface area contributed by atoms with Crippen LogP contribution in [-0.4, -0.2) is 44.8 Å². The summed E-state index contributed by atoms with van der Waals surface area (Å²) < 4.78 is 26.7. The summed E-state index contributed by atoms with van der Waals surface area (Å²) in [6.45, 7) is 3.24. The van der Waals surface area contributed by atoms with Crippen molar-refractivity contribution in [1.29, 1.82) is 5.41 Å². The molecule has 0 radical (unpaired) electrons. The maximum absolute atomic E-state index is 13.4. The van der Waals surface area contributed by atoms with E-state index in [-0.39, 0.29) is 36.4 Å². The zero-order chi connectivity index (χ0) is 20.5. The number of rotatable bonds is 7. The van der Waals surface area contributed by atoms with Crippen molar-refractivity contribution in [2.75, 3.05) is 11.9 Å². The van der Waals surface area contributed by atoms with E-state index in [0.717, 1.165) is 0 Å². The molecule has 7 nitrogen and oxygen atoms in total. The Kier molecular flexibility index (Phi) is 5.08. The first kappa shape index (κ1) is 19.4. The van der Waals surface area contributed by atoms with Crippen molar-refractivity contribution < 1.29 is 23.8 Å². The Labute approximate surface area is 159 Å². The van der Waals surface area contributed by atoms with Crippen molar-refractivity contribution in [3.05, 3.63) is 48.3 Å². The molecule has 0 amide bonds. The highest BCUT2D eigenvalue weighted by molar-refractivity contribution is 6.01. The SMILES string of the molecule is C=C(F)C(=N)C1(CNc2ccc(-c3ccc(O)c(C(=O)O)c3)nn2)CC(F)C1. The van der Waals surface area contributed by atoms with E-state index in [1.54, 1.807) is 12.1 Å². The van der Waals surface area contributed by atoms with E-state index in [4.69, 9.17) is 10.5 Å². The van der Waals surface area contributed by atoms with Crippen LogP contribution in [0.3, 0.4) is 0 Å². The fourth-order valence-electron chi connectivity index (χ4n) is 3.22. The van der Waals surface area contributed by atoms with E-state index >= 15 is 0 Å². The Balaban J connectivity index is 1.73. The first-order valence-corrected chi connectivity index (χ1v) is 8.44. The van der Waals surface area contributed by atoms with Gasteiger partial charge in [0.25, 0.3) is 0 Å². The van der Waals surface area contributed by atoms with Gasteiger partial charge < -0.3 is 20.9 Å². The van der Waals surface area contributed by atoms with Crippen LogP contribution >= 0.6 is 0 Å². The predicted molar refractivity (Wildman–Crippen MR) is 99.1 cm³/mol. The lowest BCUT2D eigenvalue weighted by atomic mass is 9.64. The average Bonchev–Trinajstić information content (AvgIpc) is 2.64. The van der Waals surface area contributed by atoms with Crippen molar-refractivity contribution >= 4 is 17.5 Å². The molecule has 146 valence electrons. The van der Waals surface area contributed by atoms with Gasteiger partial charge in [-0.05, 0) is 43.2 Å². The summed E-state index contributed by atoms with van der Waals surface area (Å²) in [5, 5.41) is 37.4. The van der Waals surface area contributed by atoms with Crippen molar-refractivity contribution in [2.45, 2.75) is 19.0 Å². The van der Waals surface area contributed by atoms with Crippen LogP contribution in [0.1, 0.15) is 23.2 Å². The maximum Gasteiger partial charge on any atom is 0.339 e. The lowest BCUT2D eigenvalue weighted by Gasteiger charge is -2.44. The minimum Gasteiger partial charge on any atom is -0.507 e. The van der Waals surface area contributed by atoms with Gasteiger partial charge in [0.05, 0.1) is 11.4 Å². The van der Waals surface area contributed by atoms with Crippen LogP contribution in [0.5, 0.6) is 5.75 Å². The molecule has 0 bridgehead atoms. The highest BCUT2D eigenvalue weighted by Crippen LogP contribution is 2.45. The third-order valence-electron chi connectivity index (χ3n) is 4.82. The molecule has 1 aromatic carbocycles. The van der Waals surface area contributed by atoms with E-state index in [9.17, 15) is 18.7 Å². The van der Waals surface area contributed by atoms with Crippen LogP contribution in [0.15, 0.2) is 42.7 Å². The van der Waals surface area contributed by atoms with Crippen LogP contribution in [0.4, 0.5) is 14.6 Å². The molecule has 1 saturated carbocycles. The molecule has 1 aliphatic rings. The molecule has 28 heavy (non-hydrogen) atoms. The second-order valence-corrected chi connectivity index (χ2v) is 6.76. The second-order valence-electron chi connectivity index (χ2n) is 6.76. The number of alkyl halides is 1. The standard InChI is InChI=1S/C19H18F2N4O3/c1-10(20)17(22)19(7-12(21)8-19)9-23-16-5-3-14(24-25-16)11-2-4-15(26)13(6-11)18(27)28/h2-6,12,22,26H,1,7-9H2,(H,23,25)(H,27,28). The molecule has 4 N–H and O–H groups in total. The zero-order valence-corrected chi connectivity index (χ0v) is 14.7. The number of anilines is 1. The Morgan fingerprint density at radius 3 is 2.57 bits per heavy atom. The maximum atomic E-state index is 13.4. The number of carbonyl (C=O) groups is 1. The molecule has 9 heteroatoms. The minimum absolute atomic E-state index is 0.0404. The van der Waals surface area contributed by atoms with Crippen molar-refractivity contribution in [3.8, 4) is 17.0 Å². The first-order valence-electron chi connectivity index (χ1n) is 8.44. The lowest BCUT2D eigenvalue weighted by Crippen LogP contribution is -2.49. The summed E-state index contributed by atoms with van der Waals surface area (Å²) in [6, 6.07) is 7.24. The summed E-state index contributed by atoms with van der Waals surface area (Å²) in [5.74, 6) is -2.15. The third kappa shape index (κ3) is 3.68. The number of benzene rings is 1. The van der Waals surface area contributed by atoms with Gasteiger partial charge in [0.1, 0.15) is 29.1 Å². The van der Waals surface area contributed by atoms with Gasteiger partial charge in [-0.2, -0.15) is 0 Å². The monoisotopic (exact) mass is 388 g/mol. The largest absolute Gasteiger partial charge is 0.507 e. The number of nitrogens with zero attached hydrogens (tertiary/aromatic N) is 2. The number of hydrogen-bond acceptors (Lipinski definition) is 6. The van der Waals surface area contributed by atoms with Crippen LogP contribution in [-0.2, 0) is 0 Å². The van der Waals surface area contributed by atoms with Gasteiger partial charge in [-0.25, -0.2) is 13.6 Å². The van der Waals surface area contributed by atoms with Crippen LogP contribution in [0.25, 0.3) is 11.3 Å². The van der Waals surface area contributed by atoms with Gasteiger partial charge in [0, 0.05) is 17.5 Å². The molecule has 1 fully saturated rings. The quantitative estimate of drug-likeness (QED) is 0.538. The number of aromatic hydroxyl groups is 1. The molecule has 2 aromatic rings. The zero-order valence-electron chi connectivity index (χ0n) is 14.7. The van der Waals surface area contributed by atoms with E-state index in [1.165, 1.54) is 18.2 Å². The molecule has 3 rings (SSSR count). The minimum atomic E-state index is -1.26. The number of carboxylic acid groups (broad SMARTS) is 1. The van der Waals surface area contributed by atoms with Crippen molar-refractivity contribution in [3.63, 3.8) is 0 Å². The fraction of sp³-hybridized carbons (Fsp3) is 0.263. The van der Waals surface area contributed by atoms with Gasteiger partial charge in [0.2, 0.25) is 0 Å². The molecule has 1 aliphatic carbocycles. The second kappa shape index (κ2) is 7.34. The summed E-state index contributed by atoms with van der Waals surface area (Å²) in [7, 11) is 0. The van der Waals surface area contributed by atoms with E-state index in [0.29, 0.717) is 17.1 Å². The highest BCUT2D eigenvalue weighted by Gasteiger charge is 2.49. The Hall–Kier alpha value is -3.36. The van der Waals surface area contributed by atoms with E-state index in [1.807, 2.05) is 0 Å². The molecule has 0 saturated heterocycles. The number of aromatic nitrogens is 2. The number of aromatic carboxylic acids is 1. The number of carboxylic acids is 1. The highest BCUT2D eigenvalue weighted by atomic mass is 19.1. The van der Waals surface area contributed by atoms with E-state index < -0.39 is 23.4 Å². The van der Waals surface area contributed by atoms with Crippen molar-refractivity contribution in [1.82, 2.24) is 10.2 Å². The average molecular weight is 388 g/mol. The van der Waals surface area contributed by atoms with E-state index in [2.05, 4.69) is 22.1 Å². The summed E-state index contributed by atoms with van der Waals surface area (Å²) >= 11 is 0. The van der Waals surface area contributed by atoms with Gasteiger partial charge in [-0.3, -0.25) is 0 Å². The van der Waals surface area contributed by atoms with Gasteiger partial charge in [0.15, 0.2) is 0 Å². The molecule has 0 atom stereocenters. The van der Waals surface area contributed by atoms with Gasteiger partial charge >= 0.3 is 5.97 Å². The number of hydrogen-bond donors (Lipinski definition) is 4. The van der Waals surface area contributed by atoms with Gasteiger partial charge in [-0.1, -0.05) is 6.58 Å². The molecular formula is C19H18F2N4O3. The van der Waals surface area contributed by atoms with Crippen LogP contribution in [0, 0.1) is 10.8 Å². The lowest BCUT2D eigenvalue weighted by molar-refractivity contribution is 0.0693.